The number of halogens is 1. The molecule has 5 heteroatoms. The number of benzene rings is 2. The molecule has 0 radical (unpaired) electrons. The summed E-state index contributed by atoms with van der Waals surface area (Å²) in [7, 11) is 0. The summed E-state index contributed by atoms with van der Waals surface area (Å²) in [6.45, 7) is 2.04. The van der Waals surface area contributed by atoms with Gasteiger partial charge in [-0.25, -0.2) is 4.79 Å². The van der Waals surface area contributed by atoms with Crippen LogP contribution in [0.3, 0.4) is 0 Å². The van der Waals surface area contributed by atoms with E-state index in [4.69, 9.17) is 27.8 Å². The van der Waals surface area contributed by atoms with Gasteiger partial charge in [0.05, 0.1) is 5.56 Å². The molecule has 2 rings (SSSR count). The van der Waals surface area contributed by atoms with Gasteiger partial charge in [-0.15, -0.1) is 0 Å². The fourth-order valence-electron chi connectivity index (χ4n) is 1.76. The first-order chi connectivity index (χ1) is 9.47. The standard InChI is InChI=1S/C15H15ClN2O2/c1-9-2-3-10(13(16)6-9)8-20-15(19)12-5-4-11(17)7-14(12)18/h2-7H,8,17-18H2,1H3. The molecule has 4 nitrogen and oxygen atoms in total. The minimum absolute atomic E-state index is 0.0990. The van der Waals surface area contributed by atoms with Gasteiger partial charge < -0.3 is 16.2 Å². The van der Waals surface area contributed by atoms with Gasteiger partial charge in [-0.1, -0.05) is 23.7 Å². The lowest BCUT2D eigenvalue weighted by Gasteiger charge is -2.09. The SMILES string of the molecule is Cc1ccc(COC(=O)c2ccc(N)cc2N)c(Cl)c1. The second kappa shape index (κ2) is 5.84. The molecule has 0 saturated heterocycles. The fourth-order valence-corrected chi connectivity index (χ4v) is 2.05. The zero-order valence-electron chi connectivity index (χ0n) is 11.0. The highest BCUT2D eigenvalue weighted by atomic mass is 35.5. The minimum Gasteiger partial charge on any atom is -0.457 e. The number of esters is 1. The number of aryl methyl sites for hydroxylation is 1. The predicted molar refractivity (Wildman–Crippen MR) is 80.6 cm³/mol. The van der Waals surface area contributed by atoms with E-state index in [1.807, 2.05) is 25.1 Å². The van der Waals surface area contributed by atoms with Crippen molar-refractivity contribution in [3.05, 3.63) is 58.1 Å². The predicted octanol–water partition coefficient (Wildman–Crippen LogP) is 3.17. The van der Waals surface area contributed by atoms with Gasteiger partial charge in [0.15, 0.2) is 0 Å². The smallest absolute Gasteiger partial charge is 0.340 e. The summed E-state index contributed by atoms with van der Waals surface area (Å²) in [6, 6.07) is 10.2. The average Bonchev–Trinajstić information content (AvgIpc) is 2.37. The van der Waals surface area contributed by atoms with Gasteiger partial charge in [0.1, 0.15) is 6.61 Å². The van der Waals surface area contributed by atoms with Crippen LogP contribution in [0.4, 0.5) is 11.4 Å². The van der Waals surface area contributed by atoms with Crippen LogP contribution in [0.2, 0.25) is 5.02 Å². The van der Waals surface area contributed by atoms with Gasteiger partial charge in [-0.05, 0) is 36.8 Å². The van der Waals surface area contributed by atoms with Crippen molar-refractivity contribution in [2.45, 2.75) is 13.5 Å². The molecule has 104 valence electrons. The van der Waals surface area contributed by atoms with E-state index in [-0.39, 0.29) is 6.61 Å². The molecule has 0 spiro atoms. The van der Waals surface area contributed by atoms with Gasteiger partial charge in [0.25, 0.3) is 0 Å². The van der Waals surface area contributed by atoms with Crippen molar-refractivity contribution >= 4 is 28.9 Å². The highest BCUT2D eigenvalue weighted by Crippen LogP contribution is 2.20. The molecule has 0 unspecified atom stereocenters. The molecule has 20 heavy (non-hydrogen) atoms. The molecular weight excluding hydrogens is 276 g/mol. The summed E-state index contributed by atoms with van der Waals surface area (Å²) in [4.78, 5) is 11.9. The monoisotopic (exact) mass is 290 g/mol. The van der Waals surface area contributed by atoms with Crippen molar-refractivity contribution in [1.82, 2.24) is 0 Å². The van der Waals surface area contributed by atoms with Crippen molar-refractivity contribution in [2.75, 3.05) is 11.5 Å². The highest BCUT2D eigenvalue weighted by molar-refractivity contribution is 6.31. The van der Waals surface area contributed by atoms with E-state index in [2.05, 4.69) is 0 Å². The van der Waals surface area contributed by atoms with Gasteiger partial charge in [-0.2, -0.15) is 0 Å². The highest BCUT2D eigenvalue weighted by Gasteiger charge is 2.12. The molecule has 0 saturated carbocycles. The summed E-state index contributed by atoms with van der Waals surface area (Å²) in [5.74, 6) is -0.501. The van der Waals surface area contributed by atoms with Crippen LogP contribution in [0, 0.1) is 6.92 Å². The Morgan fingerprint density at radius 3 is 2.60 bits per heavy atom. The van der Waals surface area contributed by atoms with E-state index in [1.165, 1.54) is 6.07 Å². The van der Waals surface area contributed by atoms with E-state index < -0.39 is 5.97 Å². The van der Waals surface area contributed by atoms with E-state index in [0.717, 1.165) is 11.1 Å². The van der Waals surface area contributed by atoms with Crippen LogP contribution in [0.15, 0.2) is 36.4 Å². The number of hydrogen-bond donors (Lipinski definition) is 2. The Morgan fingerprint density at radius 2 is 1.95 bits per heavy atom. The molecule has 0 aliphatic carbocycles. The van der Waals surface area contributed by atoms with Crippen LogP contribution in [0.25, 0.3) is 0 Å². The van der Waals surface area contributed by atoms with Crippen molar-refractivity contribution in [1.29, 1.82) is 0 Å². The van der Waals surface area contributed by atoms with Crippen LogP contribution < -0.4 is 11.5 Å². The number of nitrogens with two attached hydrogens (primary N) is 2. The van der Waals surface area contributed by atoms with Crippen molar-refractivity contribution < 1.29 is 9.53 Å². The maximum Gasteiger partial charge on any atom is 0.340 e. The van der Waals surface area contributed by atoms with E-state index in [0.29, 0.717) is 22.0 Å². The van der Waals surface area contributed by atoms with E-state index >= 15 is 0 Å². The molecular formula is C15H15ClN2O2. The number of rotatable bonds is 3. The summed E-state index contributed by atoms with van der Waals surface area (Å²) < 4.78 is 5.21. The van der Waals surface area contributed by atoms with Gasteiger partial charge in [0.2, 0.25) is 0 Å². The molecule has 0 aliphatic rings. The Kier molecular flexibility index (Phi) is 4.15. The quantitative estimate of drug-likeness (QED) is 0.672. The molecule has 0 aliphatic heterocycles. The Hall–Kier alpha value is -2.20. The largest absolute Gasteiger partial charge is 0.457 e. The van der Waals surface area contributed by atoms with Crippen LogP contribution in [0.5, 0.6) is 0 Å². The molecule has 4 N–H and O–H groups in total. The lowest BCUT2D eigenvalue weighted by Crippen LogP contribution is -2.09. The Morgan fingerprint density at radius 1 is 1.20 bits per heavy atom. The molecule has 0 fully saturated rings. The second-order valence-corrected chi connectivity index (χ2v) is 4.92. The summed E-state index contributed by atoms with van der Waals surface area (Å²) in [5.41, 5.74) is 14.2. The normalized spacial score (nSPS) is 10.3. The van der Waals surface area contributed by atoms with Crippen LogP contribution in [-0.2, 0) is 11.3 Å². The van der Waals surface area contributed by atoms with Crippen molar-refractivity contribution in [3.63, 3.8) is 0 Å². The first kappa shape index (κ1) is 14.2. The number of hydrogen-bond acceptors (Lipinski definition) is 4. The van der Waals surface area contributed by atoms with Gasteiger partial charge in [0, 0.05) is 22.0 Å². The lowest BCUT2D eigenvalue weighted by atomic mass is 10.1. The average molecular weight is 291 g/mol. The number of nitrogen functional groups attached to an aromatic ring is 2. The van der Waals surface area contributed by atoms with Crippen molar-refractivity contribution in [2.24, 2.45) is 0 Å². The fraction of sp³-hybridized carbons (Fsp3) is 0.133. The summed E-state index contributed by atoms with van der Waals surface area (Å²) in [5, 5.41) is 0.572. The minimum atomic E-state index is -0.501. The third-order valence-corrected chi connectivity index (χ3v) is 3.21. The van der Waals surface area contributed by atoms with E-state index in [1.54, 1.807) is 12.1 Å². The molecule has 0 bridgehead atoms. The number of carbonyl (C=O) groups is 1. The number of ether oxygens (including phenoxy) is 1. The van der Waals surface area contributed by atoms with Crippen molar-refractivity contribution in [3.8, 4) is 0 Å². The van der Waals surface area contributed by atoms with Crippen LogP contribution in [0.1, 0.15) is 21.5 Å². The van der Waals surface area contributed by atoms with Crippen LogP contribution in [-0.4, -0.2) is 5.97 Å². The van der Waals surface area contributed by atoms with Crippen LogP contribution >= 0.6 is 11.6 Å². The maximum atomic E-state index is 11.9. The third-order valence-electron chi connectivity index (χ3n) is 2.86. The Balaban J connectivity index is 2.08. The summed E-state index contributed by atoms with van der Waals surface area (Å²) in [6.07, 6.45) is 0. The lowest BCUT2D eigenvalue weighted by molar-refractivity contribution is 0.0474. The molecule has 0 heterocycles. The Labute approximate surface area is 122 Å². The Bertz CT molecular complexity index is 656. The second-order valence-electron chi connectivity index (χ2n) is 4.52. The zero-order valence-corrected chi connectivity index (χ0v) is 11.8. The summed E-state index contributed by atoms with van der Waals surface area (Å²) >= 11 is 6.08. The number of carbonyl (C=O) groups excluding carboxylic acids is 1. The van der Waals surface area contributed by atoms with Gasteiger partial charge in [-0.3, -0.25) is 0 Å². The molecule has 0 atom stereocenters. The maximum absolute atomic E-state index is 11.9. The third kappa shape index (κ3) is 3.22. The first-order valence-electron chi connectivity index (χ1n) is 6.04. The number of anilines is 2. The van der Waals surface area contributed by atoms with Gasteiger partial charge >= 0.3 is 5.97 Å². The zero-order chi connectivity index (χ0) is 14.7. The van der Waals surface area contributed by atoms with E-state index in [9.17, 15) is 4.79 Å². The molecule has 0 amide bonds. The molecule has 0 aromatic heterocycles. The molecule has 2 aromatic carbocycles. The molecule has 2 aromatic rings. The first-order valence-corrected chi connectivity index (χ1v) is 6.42. The topological polar surface area (TPSA) is 78.3 Å².